The number of non-ortho nitro benzene ring substituents is 1. The number of hydrogen-bond acceptors (Lipinski definition) is 5. The average molecular weight is 272 g/mol. The van der Waals surface area contributed by atoms with Crippen molar-refractivity contribution in [2.24, 2.45) is 0 Å². The zero-order valence-electron chi connectivity index (χ0n) is 10.3. The van der Waals surface area contributed by atoms with E-state index in [-0.39, 0.29) is 12.3 Å². The van der Waals surface area contributed by atoms with Crippen molar-refractivity contribution in [2.75, 3.05) is 0 Å². The summed E-state index contributed by atoms with van der Waals surface area (Å²) < 4.78 is 9.80. The molecule has 0 heterocycles. The first-order valence-corrected chi connectivity index (χ1v) is 5.69. The number of nitrogens with zero attached hydrogens (tertiary/aromatic N) is 1. The van der Waals surface area contributed by atoms with Crippen LogP contribution in [0.3, 0.4) is 0 Å². The van der Waals surface area contributed by atoms with E-state index in [0.717, 1.165) is 0 Å². The number of carbonyl (C=O) groups excluding carboxylic acids is 1. The Balaban J connectivity index is 1.85. The van der Waals surface area contributed by atoms with Crippen LogP contribution in [0.15, 0.2) is 48.5 Å². The number of nitro groups is 1. The maximum absolute atomic E-state index is 11.4. The van der Waals surface area contributed by atoms with Crippen LogP contribution in [0, 0.1) is 16.2 Å². The largest absolute Gasteiger partial charge is 0.514 e. The van der Waals surface area contributed by atoms with Gasteiger partial charge in [-0.3, -0.25) is 10.1 Å². The Morgan fingerprint density at radius 1 is 1.15 bits per heavy atom. The second kappa shape index (κ2) is 6.33. The average Bonchev–Trinajstić information content (AvgIpc) is 2.46. The van der Waals surface area contributed by atoms with E-state index in [9.17, 15) is 14.9 Å². The van der Waals surface area contributed by atoms with Gasteiger partial charge in [0.15, 0.2) is 0 Å². The molecule has 2 rings (SSSR count). The molecule has 0 bridgehead atoms. The number of nitro benzene ring substituents is 1. The third-order valence-corrected chi connectivity index (χ3v) is 2.39. The third-order valence-electron chi connectivity index (χ3n) is 2.39. The Hall–Kier alpha value is -2.89. The van der Waals surface area contributed by atoms with Crippen LogP contribution in [0.1, 0.15) is 5.56 Å². The van der Waals surface area contributed by atoms with Crippen LogP contribution in [-0.2, 0) is 11.3 Å². The molecule has 1 radical (unpaired) electrons. The van der Waals surface area contributed by atoms with Crippen molar-refractivity contribution < 1.29 is 19.2 Å². The van der Waals surface area contributed by atoms with Crippen molar-refractivity contribution in [3.8, 4) is 5.75 Å². The summed E-state index contributed by atoms with van der Waals surface area (Å²) >= 11 is 0. The molecule has 0 amide bonds. The topological polar surface area (TPSA) is 78.7 Å². The predicted molar refractivity (Wildman–Crippen MR) is 69.2 cm³/mol. The van der Waals surface area contributed by atoms with E-state index < -0.39 is 11.1 Å². The van der Waals surface area contributed by atoms with Crippen LogP contribution < -0.4 is 4.74 Å². The highest BCUT2D eigenvalue weighted by molar-refractivity contribution is 5.63. The maximum atomic E-state index is 11.4. The first-order chi connectivity index (χ1) is 9.65. The summed E-state index contributed by atoms with van der Waals surface area (Å²) in [5, 5.41) is 10.5. The summed E-state index contributed by atoms with van der Waals surface area (Å²) in [4.78, 5) is 21.4. The molecule has 0 aliphatic carbocycles. The lowest BCUT2D eigenvalue weighted by molar-refractivity contribution is -0.384. The maximum Gasteiger partial charge on any atom is 0.514 e. The van der Waals surface area contributed by atoms with E-state index in [1.807, 2.05) is 0 Å². The predicted octanol–water partition coefficient (Wildman–Crippen LogP) is 3.11. The first kappa shape index (κ1) is 13.5. The van der Waals surface area contributed by atoms with Crippen molar-refractivity contribution in [1.82, 2.24) is 0 Å². The van der Waals surface area contributed by atoms with E-state index in [4.69, 9.17) is 9.47 Å². The second-order valence-electron chi connectivity index (χ2n) is 3.80. The first-order valence-electron chi connectivity index (χ1n) is 5.69. The number of ether oxygens (including phenoxy) is 2. The smallest absolute Gasteiger partial charge is 0.429 e. The minimum atomic E-state index is -0.838. The summed E-state index contributed by atoms with van der Waals surface area (Å²) in [7, 11) is 0. The molecule has 0 N–H and O–H groups in total. The van der Waals surface area contributed by atoms with Gasteiger partial charge in [-0.2, -0.15) is 0 Å². The Kier molecular flexibility index (Phi) is 4.28. The van der Waals surface area contributed by atoms with Crippen molar-refractivity contribution >= 4 is 11.8 Å². The monoisotopic (exact) mass is 272 g/mol. The molecule has 0 spiro atoms. The van der Waals surface area contributed by atoms with Gasteiger partial charge in [-0.1, -0.05) is 12.1 Å². The van der Waals surface area contributed by atoms with Gasteiger partial charge in [0.05, 0.1) is 4.92 Å². The fourth-order valence-electron chi connectivity index (χ4n) is 1.42. The molecule has 6 heteroatoms. The molecule has 0 saturated heterocycles. The van der Waals surface area contributed by atoms with Crippen LogP contribution in [0.4, 0.5) is 10.5 Å². The summed E-state index contributed by atoms with van der Waals surface area (Å²) in [6.45, 7) is -0.0181. The van der Waals surface area contributed by atoms with Gasteiger partial charge in [0, 0.05) is 12.1 Å². The van der Waals surface area contributed by atoms with Crippen LogP contribution in [0.2, 0.25) is 0 Å². The number of carbonyl (C=O) groups is 1. The lowest BCUT2D eigenvalue weighted by Crippen LogP contribution is -2.10. The molecule has 0 aliphatic rings. The van der Waals surface area contributed by atoms with Gasteiger partial charge in [-0.05, 0) is 35.9 Å². The van der Waals surface area contributed by atoms with Gasteiger partial charge in [0.2, 0.25) is 0 Å². The van der Waals surface area contributed by atoms with E-state index in [2.05, 4.69) is 6.07 Å². The number of hydrogen-bond donors (Lipinski definition) is 0. The van der Waals surface area contributed by atoms with Crippen LogP contribution in [0.25, 0.3) is 0 Å². The third kappa shape index (κ3) is 3.81. The Morgan fingerprint density at radius 2 is 1.80 bits per heavy atom. The highest BCUT2D eigenvalue weighted by Gasteiger charge is 2.08. The molecule has 0 saturated carbocycles. The van der Waals surface area contributed by atoms with Gasteiger partial charge in [0.25, 0.3) is 5.69 Å². The van der Waals surface area contributed by atoms with Gasteiger partial charge in [0.1, 0.15) is 12.4 Å². The van der Waals surface area contributed by atoms with Crippen LogP contribution in [-0.4, -0.2) is 11.1 Å². The van der Waals surface area contributed by atoms with E-state index in [1.165, 1.54) is 24.3 Å². The van der Waals surface area contributed by atoms with Crippen LogP contribution >= 0.6 is 0 Å². The number of benzene rings is 2. The SMILES string of the molecule is O=C(OCc1ccc([N+](=O)[O-])cc1)Oc1cc[c]cc1. The van der Waals surface area contributed by atoms with Gasteiger partial charge in [-0.15, -0.1) is 0 Å². The highest BCUT2D eigenvalue weighted by atomic mass is 16.7. The summed E-state index contributed by atoms with van der Waals surface area (Å²) in [5.41, 5.74) is 0.616. The molecule has 0 fully saturated rings. The van der Waals surface area contributed by atoms with Gasteiger partial charge in [-0.25, -0.2) is 4.79 Å². The molecule has 2 aromatic rings. The van der Waals surface area contributed by atoms with Gasteiger partial charge < -0.3 is 9.47 Å². The number of rotatable bonds is 4. The fourth-order valence-corrected chi connectivity index (χ4v) is 1.42. The Labute approximate surface area is 114 Å². The quantitative estimate of drug-likeness (QED) is 0.370. The second-order valence-corrected chi connectivity index (χ2v) is 3.80. The fraction of sp³-hybridized carbons (Fsp3) is 0.0714. The summed E-state index contributed by atoms with van der Waals surface area (Å²) in [5.74, 6) is 0.359. The van der Waals surface area contributed by atoms with Crippen molar-refractivity contribution in [1.29, 1.82) is 0 Å². The minimum Gasteiger partial charge on any atom is -0.429 e. The lowest BCUT2D eigenvalue weighted by atomic mass is 10.2. The highest BCUT2D eigenvalue weighted by Crippen LogP contribution is 2.13. The zero-order valence-corrected chi connectivity index (χ0v) is 10.3. The van der Waals surface area contributed by atoms with Crippen LogP contribution in [0.5, 0.6) is 5.75 Å². The van der Waals surface area contributed by atoms with E-state index in [0.29, 0.717) is 11.3 Å². The van der Waals surface area contributed by atoms with Gasteiger partial charge >= 0.3 is 6.16 Å². The van der Waals surface area contributed by atoms with E-state index >= 15 is 0 Å². The molecule has 0 aromatic heterocycles. The molecule has 0 aliphatic heterocycles. The van der Waals surface area contributed by atoms with Crippen molar-refractivity contribution in [2.45, 2.75) is 6.61 Å². The Morgan fingerprint density at radius 3 is 2.40 bits per heavy atom. The molecule has 20 heavy (non-hydrogen) atoms. The molecular formula is C14H10NO5. The summed E-state index contributed by atoms with van der Waals surface area (Å²) in [6.07, 6.45) is -0.838. The lowest BCUT2D eigenvalue weighted by Gasteiger charge is -2.05. The normalized spacial score (nSPS) is 9.80. The zero-order chi connectivity index (χ0) is 14.4. The van der Waals surface area contributed by atoms with Crippen molar-refractivity contribution in [3.05, 3.63) is 70.3 Å². The minimum absolute atomic E-state index is 0.0168. The Bertz CT molecular complexity index is 595. The van der Waals surface area contributed by atoms with Crippen molar-refractivity contribution in [3.63, 3.8) is 0 Å². The molecule has 0 atom stereocenters. The standard InChI is InChI=1S/C14H10NO5/c16-14(20-13-4-2-1-3-5-13)19-10-11-6-8-12(9-7-11)15(17)18/h2-9H,10H2. The molecule has 2 aromatic carbocycles. The molecular weight excluding hydrogens is 262 g/mol. The molecule has 0 unspecified atom stereocenters. The molecule has 6 nitrogen and oxygen atoms in total. The summed E-state index contributed by atoms with van der Waals surface area (Å²) in [6, 6.07) is 14.9. The molecule has 101 valence electrons. The van der Waals surface area contributed by atoms with E-state index in [1.54, 1.807) is 24.3 Å².